The average Bonchev–Trinajstić information content (AvgIpc) is 3.68. The molecule has 0 aliphatic carbocycles. The Kier molecular flexibility index (Phi) is 5.43. The fourth-order valence-corrected chi connectivity index (χ4v) is 6.40. The maximum Gasteiger partial charge on any atom is 0.235 e. The van der Waals surface area contributed by atoms with Crippen molar-refractivity contribution in [3.8, 4) is 34.2 Å². The third-order valence-electron chi connectivity index (χ3n) is 8.43. The Hall–Kier alpha value is -6.07. The second-order valence-electron chi connectivity index (χ2n) is 11.0. The van der Waals surface area contributed by atoms with Crippen LogP contribution in [0.2, 0.25) is 0 Å². The maximum absolute atomic E-state index is 5.34. The lowest BCUT2D eigenvalue weighted by atomic mass is 10.0. The molecule has 206 valence electrons. The van der Waals surface area contributed by atoms with Crippen molar-refractivity contribution < 1.29 is 0 Å². The van der Waals surface area contributed by atoms with Crippen LogP contribution in [0.5, 0.6) is 0 Å². The van der Waals surface area contributed by atoms with Crippen molar-refractivity contribution >= 4 is 43.6 Å². The third-order valence-corrected chi connectivity index (χ3v) is 8.43. The summed E-state index contributed by atoms with van der Waals surface area (Å²) < 4.78 is 4.51. The van der Waals surface area contributed by atoms with Gasteiger partial charge in [0, 0.05) is 50.8 Å². The van der Waals surface area contributed by atoms with E-state index in [4.69, 9.17) is 9.97 Å². The van der Waals surface area contributed by atoms with Crippen molar-refractivity contribution in [2.24, 2.45) is 0 Å². The molecule has 5 aromatic carbocycles. The van der Waals surface area contributed by atoms with Gasteiger partial charge in [-0.2, -0.15) is 0 Å². The van der Waals surface area contributed by atoms with Gasteiger partial charge in [0.25, 0.3) is 0 Å². The molecule has 44 heavy (non-hydrogen) atoms. The van der Waals surface area contributed by atoms with E-state index in [9.17, 15) is 0 Å². The second kappa shape index (κ2) is 9.75. The molecule has 0 N–H and O–H groups in total. The van der Waals surface area contributed by atoms with Crippen molar-refractivity contribution in [3.05, 3.63) is 152 Å². The highest BCUT2D eigenvalue weighted by molar-refractivity contribution is 6.18. The van der Waals surface area contributed by atoms with Crippen LogP contribution in [0, 0.1) is 0 Å². The van der Waals surface area contributed by atoms with E-state index in [1.54, 1.807) is 0 Å². The van der Waals surface area contributed by atoms with Crippen LogP contribution in [-0.2, 0) is 0 Å². The monoisotopic (exact) mass is 563 g/mol. The van der Waals surface area contributed by atoms with Gasteiger partial charge < -0.3 is 4.57 Å². The minimum absolute atomic E-state index is 0.645. The van der Waals surface area contributed by atoms with Gasteiger partial charge in [-0.25, -0.2) is 9.97 Å². The van der Waals surface area contributed by atoms with Crippen LogP contribution in [0.25, 0.3) is 77.8 Å². The quantitative estimate of drug-likeness (QED) is 0.214. The van der Waals surface area contributed by atoms with Gasteiger partial charge in [-0.05, 0) is 42.5 Å². The normalized spacial score (nSPS) is 11.6. The molecule has 0 spiro atoms. The first-order valence-corrected chi connectivity index (χ1v) is 14.7. The molecule has 5 nitrogen and oxygen atoms in total. The zero-order chi connectivity index (χ0) is 29.0. The predicted octanol–water partition coefficient (Wildman–Crippen LogP) is 9.40. The molecule has 9 aromatic rings. The molecule has 0 amide bonds. The maximum atomic E-state index is 5.34. The first-order chi connectivity index (χ1) is 21.8. The number of aromatic nitrogens is 5. The van der Waals surface area contributed by atoms with E-state index in [1.165, 1.54) is 10.8 Å². The molecular formula is C39H25N5. The Labute approximate surface area is 253 Å². The van der Waals surface area contributed by atoms with Gasteiger partial charge >= 0.3 is 0 Å². The summed E-state index contributed by atoms with van der Waals surface area (Å²) in [5.74, 6) is 0.645. The van der Waals surface area contributed by atoms with Gasteiger partial charge in [-0.15, -0.1) is 0 Å². The highest BCUT2D eigenvalue weighted by atomic mass is 15.2. The lowest BCUT2D eigenvalue weighted by molar-refractivity contribution is 1.01. The summed E-state index contributed by atoms with van der Waals surface area (Å²) in [4.78, 5) is 15.1. The van der Waals surface area contributed by atoms with Crippen LogP contribution in [0.3, 0.4) is 0 Å². The van der Waals surface area contributed by atoms with Crippen LogP contribution in [0.1, 0.15) is 0 Å². The van der Waals surface area contributed by atoms with E-state index in [2.05, 4.69) is 130 Å². The fraction of sp³-hybridized carbons (Fsp3) is 0. The van der Waals surface area contributed by atoms with Gasteiger partial charge in [-0.1, -0.05) is 97.1 Å². The molecule has 0 fully saturated rings. The van der Waals surface area contributed by atoms with Crippen LogP contribution in [0.4, 0.5) is 0 Å². The van der Waals surface area contributed by atoms with Gasteiger partial charge in [0.1, 0.15) is 0 Å². The molecule has 0 aliphatic rings. The Bertz CT molecular complexity index is 2470. The third kappa shape index (κ3) is 3.76. The molecule has 5 heteroatoms. The standard InChI is InChI=1S/C39H25N5/c1-2-10-29(11-3-1)43-25-23-28-21-22-31-30-12-5-7-16-35(30)44(38(31)37(28)43)39-41-34-15-6-4-13-32(34)36(42-39)27-19-17-26(18-20-27)33-14-8-9-24-40-33/h1-25H. The van der Waals surface area contributed by atoms with E-state index in [1.807, 2.05) is 36.5 Å². The number of nitrogens with zero attached hydrogens (tertiary/aromatic N) is 5. The number of pyridine rings is 1. The molecule has 0 aliphatic heterocycles. The average molecular weight is 564 g/mol. The molecule has 0 saturated carbocycles. The molecule has 0 radical (unpaired) electrons. The Morgan fingerprint density at radius 3 is 2.09 bits per heavy atom. The Morgan fingerprint density at radius 1 is 0.500 bits per heavy atom. The van der Waals surface area contributed by atoms with Crippen LogP contribution >= 0.6 is 0 Å². The van der Waals surface area contributed by atoms with Crippen molar-refractivity contribution in [3.63, 3.8) is 0 Å². The number of hydrogen-bond donors (Lipinski definition) is 0. The Balaban J connectivity index is 1.34. The van der Waals surface area contributed by atoms with E-state index in [0.717, 1.165) is 61.0 Å². The SMILES string of the molecule is c1ccc(-n2ccc3ccc4c5ccccc5n(-c5nc(-c6ccc(-c7ccccn7)cc6)c6ccccc6n5)c4c32)cc1. The zero-order valence-corrected chi connectivity index (χ0v) is 23.7. The van der Waals surface area contributed by atoms with Crippen molar-refractivity contribution in [2.75, 3.05) is 0 Å². The highest BCUT2D eigenvalue weighted by Gasteiger charge is 2.20. The summed E-state index contributed by atoms with van der Waals surface area (Å²) in [6, 6.07) is 48.4. The van der Waals surface area contributed by atoms with Crippen LogP contribution < -0.4 is 0 Å². The largest absolute Gasteiger partial charge is 0.315 e. The topological polar surface area (TPSA) is 48.5 Å². The van der Waals surface area contributed by atoms with Crippen molar-refractivity contribution in [1.29, 1.82) is 0 Å². The minimum Gasteiger partial charge on any atom is -0.315 e. The molecule has 0 unspecified atom stereocenters. The lowest BCUT2D eigenvalue weighted by Crippen LogP contribution is -2.04. The van der Waals surface area contributed by atoms with Gasteiger partial charge in [-0.3, -0.25) is 9.55 Å². The summed E-state index contributed by atoms with van der Waals surface area (Å²) in [7, 11) is 0. The number of rotatable bonds is 4. The minimum atomic E-state index is 0.645. The molecular weight excluding hydrogens is 538 g/mol. The lowest BCUT2D eigenvalue weighted by Gasteiger charge is -2.13. The fourth-order valence-electron chi connectivity index (χ4n) is 6.40. The van der Waals surface area contributed by atoms with E-state index >= 15 is 0 Å². The highest BCUT2D eigenvalue weighted by Crippen LogP contribution is 2.38. The first kappa shape index (κ1) is 24.5. The summed E-state index contributed by atoms with van der Waals surface area (Å²) in [5.41, 5.74) is 9.24. The zero-order valence-electron chi connectivity index (χ0n) is 23.7. The van der Waals surface area contributed by atoms with Crippen LogP contribution in [0.15, 0.2) is 152 Å². The van der Waals surface area contributed by atoms with E-state index in [-0.39, 0.29) is 0 Å². The Morgan fingerprint density at radius 2 is 1.25 bits per heavy atom. The van der Waals surface area contributed by atoms with Crippen molar-refractivity contribution in [1.82, 2.24) is 24.1 Å². The summed E-state index contributed by atoms with van der Waals surface area (Å²) >= 11 is 0. The summed E-state index contributed by atoms with van der Waals surface area (Å²) in [6.07, 6.45) is 3.97. The van der Waals surface area contributed by atoms with Crippen LogP contribution in [-0.4, -0.2) is 24.1 Å². The molecule has 4 aromatic heterocycles. The van der Waals surface area contributed by atoms with Gasteiger partial charge in [0.05, 0.1) is 33.5 Å². The van der Waals surface area contributed by atoms with E-state index in [0.29, 0.717) is 5.95 Å². The number of fused-ring (bicyclic) bond motifs is 6. The number of benzene rings is 5. The molecule has 0 saturated heterocycles. The number of para-hydroxylation sites is 3. The first-order valence-electron chi connectivity index (χ1n) is 14.7. The number of hydrogen-bond acceptors (Lipinski definition) is 3. The molecule has 0 atom stereocenters. The van der Waals surface area contributed by atoms with E-state index < -0.39 is 0 Å². The molecule has 9 rings (SSSR count). The van der Waals surface area contributed by atoms with Crippen molar-refractivity contribution in [2.45, 2.75) is 0 Å². The summed E-state index contributed by atoms with van der Waals surface area (Å²) in [6.45, 7) is 0. The van der Waals surface area contributed by atoms with Gasteiger partial charge in [0.15, 0.2) is 0 Å². The predicted molar refractivity (Wildman–Crippen MR) is 179 cm³/mol. The molecule has 4 heterocycles. The van der Waals surface area contributed by atoms with Gasteiger partial charge in [0.2, 0.25) is 5.95 Å². The second-order valence-corrected chi connectivity index (χ2v) is 11.0. The smallest absolute Gasteiger partial charge is 0.235 e. The summed E-state index contributed by atoms with van der Waals surface area (Å²) in [5, 5.41) is 4.52. The molecule has 0 bridgehead atoms.